The van der Waals surface area contributed by atoms with E-state index in [0.717, 1.165) is 71.7 Å². The molecule has 0 aliphatic heterocycles. The van der Waals surface area contributed by atoms with Gasteiger partial charge in [-0.3, -0.25) is 0 Å². The molecule has 3 aromatic heterocycles. The summed E-state index contributed by atoms with van der Waals surface area (Å²) in [6.45, 7) is 0. The molecule has 3 heteroatoms. The number of furan rings is 2. The molecule has 0 spiro atoms. The van der Waals surface area contributed by atoms with Crippen molar-refractivity contribution in [2.75, 3.05) is 0 Å². The lowest BCUT2D eigenvalue weighted by Gasteiger charge is -2.09. The SMILES string of the molecule is c1ccc(-n2c3ccccc3c3oc4cccc(-c5cccc6c5oc5ccccc56)c4c32)cc1. The van der Waals surface area contributed by atoms with Crippen molar-refractivity contribution in [3.63, 3.8) is 0 Å². The van der Waals surface area contributed by atoms with Gasteiger partial charge in [-0.25, -0.2) is 0 Å². The molecular formula is C32H19NO2. The smallest absolute Gasteiger partial charge is 0.161 e. The van der Waals surface area contributed by atoms with Gasteiger partial charge in [-0.1, -0.05) is 78.9 Å². The van der Waals surface area contributed by atoms with Gasteiger partial charge in [-0.2, -0.15) is 0 Å². The van der Waals surface area contributed by atoms with Crippen LogP contribution in [0.25, 0.3) is 71.7 Å². The highest BCUT2D eigenvalue weighted by molar-refractivity contribution is 6.22. The summed E-state index contributed by atoms with van der Waals surface area (Å²) in [5.41, 5.74) is 9.07. The molecule has 3 nitrogen and oxygen atoms in total. The molecule has 0 aliphatic carbocycles. The van der Waals surface area contributed by atoms with Gasteiger partial charge in [0.1, 0.15) is 22.3 Å². The minimum Gasteiger partial charge on any atom is -0.455 e. The highest BCUT2D eigenvalue weighted by Crippen LogP contribution is 2.44. The second-order valence-corrected chi connectivity index (χ2v) is 8.93. The Kier molecular flexibility index (Phi) is 3.66. The molecule has 8 aromatic rings. The number of nitrogens with zero attached hydrogens (tertiary/aromatic N) is 1. The third kappa shape index (κ3) is 2.50. The van der Waals surface area contributed by atoms with Crippen molar-refractivity contribution >= 4 is 54.9 Å². The molecule has 35 heavy (non-hydrogen) atoms. The summed E-state index contributed by atoms with van der Waals surface area (Å²) in [6.07, 6.45) is 0. The second kappa shape index (κ2) is 6.87. The number of rotatable bonds is 2. The molecule has 0 atom stereocenters. The molecule has 0 amide bonds. The van der Waals surface area contributed by atoms with Crippen LogP contribution in [0, 0.1) is 0 Å². The number of fused-ring (bicyclic) bond motifs is 8. The summed E-state index contributed by atoms with van der Waals surface area (Å²) in [5, 5.41) is 4.46. The van der Waals surface area contributed by atoms with E-state index in [1.165, 1.54) is 0 Å². The lowest BCUT2D eigenvalue weighted by molar-refractivity contribution is 0.670. The molecule has 0 fully saturated rings. The lowest BCUT2D eigenvalue weighted by atomic mass is 9.99. The number of hydrogen-bond donors (Lipinski definition) is 0. The molecule has 0 radical (unpaired) electrons. The topological polar surface area (TPSA) is 31.2 Å². The Morgan fingerprint density at radius 2 is 1.11 bits per heavy atom. The van der Waals surface area contributed by atoms with Gasteiger partial charge in [0.05, 0.1) is 10.9 Å². The molecule has 3 heterocycles. The Morgan fingerprint density at radius 3 is 2.03 bits per heavy atom. The first kappa shape index (κ1) is 18.6. The Morgan fingerprint density at radius 1 is 0.457 bits per heavy atom. The summed E-state index contributed by atoms with van der Waals surface area (Å²) in [4.78, 5) is 0. The highest BCUT2D eigenvalue weighted by atomic mass is 16.3. The van der Waals surface area contributed by atoms with Gasteiger partial charge >= 0.3 is 0 Å². The zero-order valence-electron chi connectivity index (χ0n) is 18.7. The number of hydrogen-bond acceptors (Lipinski definition) is 2. The summed E-state index contributed by atoms with van der Waals surface area (Å²) in [7, 11) is 0. The maximum Gasteiger partial charge on any atom is 0.161 e. The molecule has 0 N–H and O–H groups in total. The lowest BCUT2D eigenvalue weighted by Crippen LogP contribution is -1.93. The van der Waals surface area contributed by atoms with Crippen LogP contribution in [0.3, 0.4) is 0 Å². The van der Waals surface area contributed by atoms with Crippen molar-refractivity contribution in [2.24, 2.45) is 0 Å². The minimum absolute atomic E-state index is 0.871. The minimum atomic E-state index is 0.871. The maximum atomic E-state index is 6.55. The normalized spacial score (nSPS) is 12.0. The van der Waals surface area contributed by atoms with Gasteiger partial charge in [0.15, 0.2) is 5.58 Å². The summed E-state index contributed by atoms with van der Waals surface area (Å²) in [6, 6.07) is 39.9. The van der Waals surface area contributed by atoms with Crippen LogP contribution in [0.15, 0.2) is 124 Å². The zero-order chi connectivity index (χ0) is 22.9. The van der Waals surface area contributed by atoms with E-state index < -0.39 is 0 Å². The predicted molar refractivity (Wildman–Crippen MR) is 143 cm³/mol. The van der Waals surface area contributed by atoms with E-state index in [0.29, 0.717) is 0 Å². The molecule has 0 aliphatic rings. The zero-order valence-corrected chi connectivity index (χ0v) is 18.7. The number of benzene rings is 5. The van der Waals surface area contributed by atoms with Crippen molar-refractivity contribution in [1.29, 1.82) is 0 Å². The van der Waals surface area contributed by atoms with Crippen molar-refractivity contribution < 1.29 is 8.83 Å². The fourth-order valence-electron chi connectivity index (χ4n) is 5.54. The first-order valence-electron chi connectivity index (χ1n) is 11.8. The van der Waals surface area contributed by atoms with Gasteiger partial charge in [-0.05, 0) is 42.0 Å². The molecule has 5 aromatic carbocycles. The molecule has 8 rings (SSSR count). The largest absolute Gasteiger partial charge is 0.455 e. The third-order valence-electron chi connectivity index (χ3n) is 7.01. The van der Waals surface area contributed by atoms with Crippen LogP contribution in [0.5, 0.6) is 0 Å². The fourth-order valence-corrected chi connectivity index (χ4v) is 5.54. The van der Waals surface area contributed by atoms with E-state index >= 15 is 0 Å². The van der Waals surface area contributed by atoms with Crippen molar-refractivity contribution in [3.8, 4) is 16.8 Å². The van der Waals surface area contributed by atoms with E-state index in [4.69, 9.17) is 8.83 Å². The van der Waals surface area contributed by atoms with E-state index in [2.05, 4.69) is 102 Å². The summed E-state index contributed by atoms with van der Waals surface area (Å²) in [5.74, 6) is 0. The van der Waals surface area contributed by atoms with Crippen LogP contribution in [0.4, 0.5) is 0 Å². The van der Waals surface area contributed by atoms with Gasteiger partial charge in [0.25, 0.3) is 0 Å². The van der Waals surface area contributed by atoms with E-state index in [9.17, 15) is 0 Å². The Hall–Kier alpha value is -4.76. The van der Waals surface area contributed by atoms with Crippen molar-refractivity contribution in [1.82, 2.24) is 4.57 Å². The standard InChI is InChI=1S/C32H19NO2/c1-2-10-20(11-3-1)33-26-17-6-4-13-25(26)32-30(33)29-22(14-9-19-28(29)35-32)24-16-8-15-23-21-12-5-7-18-27(21)34-31(23)24/h1-19H. The molecule has 0 saturated heterocycles. The first-order valence-corrected chi connectivity index (χ1v) is 11.8. The van der Waals surface area contributed by atoms with E-state index in [1.807, 2.05) is 18.2 Å². The first-order chi connectivity index (χ1) is 17.4. The van der Waals surface area contributed by atoms with E-state index in [1.54, 1.807) is 0 Å². The highest BCUT2D eigenvalue weighted by Gasteiger charge is 2.23. The van der Waals surface area contributed by atoms with Crippen LogP contribution >= 0.6 is 0 Å². The average Bonchev–Trinajstić information content (AvgIpc) is 3.58. The number of para-hydroxylation sites is 4. The Labute approximate surface area is 200 Å². The number of aromatic nitrogens is 1. The molecule has 0 unspecified atom stereocenters. The van der Waals surface area contributed by atoms with Gasteiger partial charge < -0.3 is 13.4 Å². The quantitative estimate of drug-likeness (QED) is 0.263. The van der Waals surface area contributed by atoms with Crippen LogP contribution in [0.2, 0.25) is 0 Å². The fraction of sp³-hybridized carbons (Fsp3) is 0. The van der Waals surface area contributed by atoms with Crippen LogP contribution in [-0.2, 0) is 0 Å². The second-order valence-electron chi connectivity index (χ2n) is 8.93. The van der Waals surface area contributed by atoms with Gasteiger partial charge in [0, 0.05) is 27.4 Å². The molecular weight excluding hydrogens is 430 g/mol. The van der Waals surface area contributed by atoms with Crippen LogP contribution in [0.1, 0.15) is 0 Å². The third-order valence-corrected chi connectivity index (χ3v) is 7.01. The molecule has 0 saturated carbocycles. The molecule has 164 valence electrons. The summed E-state index contributed by atoms with van der Waals surface area (Å²) < 4.78 is 15.3. The Bertz CT molecular complexity index is 2050. The van der Waals surface area contributed by atoms with Gasteiger partial charge in [-0.15, -0.1) is 0 Å². The van der Waals surface area contributed by atoms with E-state index in [-0.39, 0.29) is 0 Å². The van der Waals surface area contributed by atoms with Gasteiger partial charge in [0.2, 0.25) is 0 Å². The van der Waals surface area contributed by atoms with Crippen molar-refractivity contribution in [3.05, 3.63) is 115 Å². The molecule has 0 bridgehead atoms. The van der Waals surface area contributed by atoms with Crippen molar-refractivity contribution in [2.45, 2.75) is 0 Å². The van der Waals surface area contributed by atoms with Crippen LogP contribution in [-0.4, -0.2) is 4.57 Å². The predicted octanol–water partition coefficient (Wildman–Crippen LogP) is 9.10. The summed E-state index contributed by atoms with van der Waals surface area (Å²) >= 11 is 0. The maximum absolute atomic E-state index is 6.55. The van der Waals surface area contributed by atoms with Crippen LogP contribution < -0.4 is 0 Å². The average molecular weight is 450 g/mol. The monoisotopic (exact) mass is 449 g/mol. The Balaban J connectivity index is 1.56.